The molecule has 28 heavy (non-hydrogen) atoms. The molecule has 1 heterocycles. The number of ether oxygens (including phenoxy) is 2. The first kappa shape index (κ1) is 20.0. The topological polar surface area (TPSA) is 84.9 Å². The summed E-state index contributed by atoms with van der Waals surface area (Å²) in [5.41, 5.74) is 0.997. The summed E-state index contributed by atoms with van der Waals surface area (Å²) in [7, 11) is -3.54. The third kappa shape index (κ3) is 4.39. The molecule has 0 saturated heterocycles. The molecular formula is C20H24N2O5S. The van der Waals surface area contributed by atoms with Gasteiger partial charge in [-0.05, 0) is 45.0 Å². The number of anilines is 2. The van der Waals surface area contributed by atoms with Crippen molar-refractivity contribution in [2.75, 3.05) is 21.9 Å². The van der Waals surface area contributed by atoms with Crippen molar-refractivity contribution in [1.29, 1.82) is 0 Å². The molecule has 1 N–H and O–H groups in total. The summed E-state index contributed by atoms with van der Waals surface area (Å²) >= 11 is 0. The van der Waals surface area contributed by atoms with Crippen LogP contribution in [0.25, 0.3) is 0 Å². The predicted octanol–water partition coefficient (Wildman–Crippen LogP) is 3.03. The summed E-state index contributed by atoms with van der Waals surface area (Å²) in [6.07, 6.45) is -0.956. The monoisotopic (exact) mass is 404 g/mol. The van der Waals surface area contributed by atoms with Gasteiger partial charge in [0.15, 0.2) is 6.10 Å². The van der Waals surface area contributed by atoms with Gasteiger partial charge in [0.25, 0.3) is 5.91 Å². The Bertz CT molecular complexity index is 959. The molecule has 0 spiro atoms. The summed E-state index contributed by atoms with van der Waals surface area (Å²) in [5.74, 6) is 0.512. The number of carbonyl (C=O) groups excluding carboxylic acids is 1. The number of carbonyl (C=O) groups is 1. The Balaban J connectivity index is 1.81. The van der Waals surface area contributed by atoms with E-state index in [1.165, 1.54) is 4.31 Å². The van der Waals surface area contributed by atoms with Crippen LogP contribution in [0.4, 0.5) is 11.4 Å². The molecule has 1 amide bonds. The van der Waals surface area contributed by atoms with Gasteiger partial charge in [-0.25, -0.2) is 8.42 Å². The van der Waals surface area contributed by atoms with E-state index >= 15 is 0 Å². The number of benzene rings is 2. The quantitative estimate of drug-likeness (QED) is 0.800. The first-order chi connectivity index (χ1) is 13.3. The molecule has 0 bridgehead atoms. The second-order valence-corrected chi connectivity index (χ2v) is 8.87. The van der Waals surface area contributed by atoms with Crippen molar-refractivity contribution in [1.82, 2.24) is 0 Å². The fourth-order valence-electron chi connectivity index (χ4n) is 2.90. The van der Waals surface area contributed by atoms with Crippen LogP contribution >= 0.6 is 0 Å². The third-order valence-electron chi connectivity index (χ3n) is 4.20. The minimum Gasteiger partial charge on any atom is -0.491 e. The number of nitrogens with zero attached hydrogens (tertiary/aromatic N) is 1. The lowest BCUT2D eigenvalue weighted by Gasteiger charge is -2.34. The van der Waals surface area contributed by atoms with Crippen molar-refractivity contribution < 1.29 is 22.7 Å². The van der Waals surface area contributed by atoms with E-state index in [-0.39, 0.29) is 18.4 Å². The number of hydrogen-bond donors (Lipinski definition) is 1. The van der Waals surface area contributed by atoms with Crippen LogP contribution in [0.15, 0.2) is 48.5 Å². The van der Waals surface area contributed by atoms with Crippen molar-refractivity contribution >= 4 is 27.3 Å². The normalized spacial score (nSPS) is 16.3. The first-order valence-corrected chi connectivity index (χ1v) is 10.7. The van der Waals surface area contributed by atoms with Crippen molar-refractivity contribution in [2.45, 2.75) is 33.0 Å². The molecule has 0 radical (unpaired) electrons. The minimum absolute atomic E-state index is 0.0111. The van der Waals surface area contributed by atoms with Crippen molar-refractivity contribution in [3.63, 3.8) is 0 Å². The van der Waals surface area contributed by atoms with Gasteiger partial charge in [-0.1, -0.05) is 18.2 Å². The molecule has 1 aliphatic rings. The number of para-hydroxylation sites is 2. The van der Waals surface area contributed by atoms with Gasteiger partial charge in [-0.2, -0.15) is 0 Å². The molecule has 0 fully saturated rings. The molecule has 2 aromatic rings. The van der Waals surface area contributed by atoms with Gasteiger partial charge in [0, 0.05) is 11.8 Å². The average molecular weight is 404 g/mol. The van der Waals surface area contributed by atoms with Crippen molar-refractivity contribution in [2.24, 2.45) is 0 Å². The summed E-state index contributed by atoms with van der Waals surface area (Å²) in [6.45, 7) is 5.33. The smallest absolute Gasteiger partial charge is 0.267 e. The second-order valence-electron chi connectivity index (χ2n) is 6.69. The highest BCUT2D eigenvalue weighted by Gasteiger charge is 2.35. The number of amides is 1. The fraction of sp³-hybridized carbons (Fsp3) is 0.350. The number of rotatable bonds is 6. The molecule has 0 aliphatic carbocycles. The zero-order valence-electron chi connectivity index (χ0n) is 16.1. The maximum Gasteiger partial charge on any atom is 0.267 e. The molecule has 0 unspecified atom stereocenters. The SMILES string of the molecule is CCS(=O)(=O)N1C[C@@H](C(=O)Nc2cccc(OC(C)C)c2)Oc2ccccc21. The summed E-state index contributed by atoms with van der Waals surface area (Å²) in [6, 6.07) is 13.8. The average Bonchev–Trinajstić information content (AvgIpc) is 2.66. The van der Waals surface area contributed by atoms with E-state index in [4.69, 9.17) is 9.47 Å². The van der Waals surface area contributed by atoms with Gasteiger partial charge < -0.3 is 14.8 Å². The number of sulfonamides is 1. The maximum absolute atomic E-state index is 12.8. The maximum atomic E-state index is 12.8. The van der Waals surface area contributed by atoms with Crippen LogP contribution in [0, 0.1) is 0 Å². The van der Waals surface area contributed by atoms with Crippen molar-refractivity contribution in [3.05, 3.63) is 48.5 Å². The minimum atomic E-state index is -3.54. The van der Waals surface area contributed by atoms with Crippen LogP contribution < -0.4 is 19.1 Å². The van der Waals surface area contributed by atoms with Crippen LogP contribution in [0.2, 0.25) is 0 Å². The lowest BCUT2D eigenvalue weighted by molar-refractivity contribution is -0.122. The Morgan fingerprint density at radius 2 is 2.00 bits per heavy atom. The second kappa shape index (κ2) is 8.10. The summed E-state index contributed by atoms with van der Waals surface area (Å²) < 4.78 is 37.7. The molecule has 1 aliphatic heterocycles. The lowest BCUT2D eigenvalue weighted by atomic mass is 10.2. The number of fused-ring (bicyclic) bond motifs is 1. The van der Waals surface area contributed by atoms with E-state index in [1.54, 1.807) is 55.5 Å². The molecule has 7 nitrogen and oxygen atoms in total. The van der Waals surface area contributed by atoms with Crippen molar-refractivity contribution in [3.8, 4) is 11.5 Å². The van der Waals surface area contributed by atoms with Crippen LogP contribution in [0.1, 0.15) is 20.8 Å². The third-order valence-corrected chi connectivity index (χ3v) is 5.95. The Labute approximate surface area is 165 Å². The van der Waals surface area contributed by atoms with E-state index in [0.717, 1.165) is 0 Å². The molecule has 8 heteroatoms. The highest BCUT2D eigenvalue weighted by molar-refractivity contribution is 7.92. The highest BCUT2D eigenvalue weighted by atomic mass is 32.2. The molecule has 0 saturated carbocycles. The Hall–Kier alpha value is -2.74. The van der Waals surface area contributed by atoms with Crippen LogP contribution in [0.5, 0.6) is 11.5 Å². The van der Waals surface area contributed by atoms with E-state index in [2.05, 4.69) is 5.32 Å². The van der Waals surface area contributed by atoms with E-state index in [0.29, 0.717) is 22.9 Å². The van der Waals surface area contributed by atoms with E-state index in [9.17, 15) is 13.2 Å². The molecule has 0 aromatic heterocycles. The largest absolute Gasteiger partial charge is 0.491 e. The highest BCUT2D eigenvalue weighted by Crippen LogP contribution is 2.35. The summed E-state index contributed by atoms with van der Waals surface area (Å²) in [5, 5.41) is 2.78. The summed E-state index contributed by atoms with van der Waals surface area (Å²) in [4.78, 5) is 12.8. The number of nitrogens with one attached hydrogen (secondary N) is 1. The molecule has 1 atom stereocenters. The zero-order valence-corrected chi connectivity index (χ0v) is 16.9. The Morgan fingerprint density at radius 3 is 2.71 bits per heavy atom. The van der Waals surface area contributed by atoms with Gasteiger partial charge in [0.1, 0.15) is 11.5 Å². The van der Waals surface area contributed by atoms with Crippen LogP contribution in [-0.2, 0) is 14.8 Å². The van der Waals surface area contributed by atoms with Gasteiger partial charge >= 0.3 is 0 Å². The predicted molar refractivity (Wildman–Crippen MR) is 109 cm³/mol. The molecule has 3 rings (SSSR count). The first-order valence-electron chi connectivity index (χ1n) is 9.14. The van der Waals surface area contributed by atoms with E-state index in [1.807, 2.05) is 13.8 Å². The van der Waals surface area contributed by atoms with E-state index < -0.39 is 22.0 Å². The number of hydrogen-bond acceptors (Lipinski definition) is 5. The van der Waals surface area contributed by atoms with Gasteiger partial charge in [0.05, 0.1) is 24.1 Å². The standard InChI is InChI=1S/C20H24N2O5S/c1-4-28(24,25)22-13-19(27-18-11-6-5-10-17(18)22)20(23)21-15-8-7-9-16(12-15)26-14(2)3/h5-12,14,19H,4,13H2,1-3H3,(H,21,23)/t19-/m0/s1. The lowest BCUT2D eigenvalue weighted by Crippen LogP contribution is -2.49. The molecule has 2 aromatic carbocycles. The van der Waals surface area contributed by atoms with Gasteiger partial charge in [0.2, 0.25) is 10.0 Å². The fourth-order valence-corrected chi connectivity index (χ4v) is 4.02. The Kier molecular flexibility index (Phi) is 5.79. The van der Waals surface area contributed by atoms with Gasteiger partial charge in [-0.15, -0.1) is 0 Å². The molecule has 150 valence electrons. The van der Waals surface area contributed by atoms with Crippen LogP contribution in [0.3, 0.4) is 0 Å². The van der Waals surface area contributed by atoms with Crippen LogP contribution in [-0.4, -0.2) is 38.8 Å². The Morgan fingerprint density at radius 1 is 1.25 bits per heavy atom. The molecular weight excluding hydrogens is 380 g/mol. The zero-order chi connectivity index (χ0) is 20.3. The van der Waals surface area contributed by atoms with Gasteiger partial charge in [-0.3, -0.25) is 9.10 Å².